The zero-order chi connectivity index (χ0) is 13.0. The van der Waals surface area contributed by atoms with Crippen LogP contribution in [0.25, 0.3) is 0 Å². The van der Waals surface area contributed by atoms with E-state index in [0.29, 0.717) is 0 Å². The van der Waals surface area contributed by atoms with Gasteiger partial charge in [-0.3, -0.25) is 14.7 Å². The summed E-state index contributed by atoms with van der Waals surface area (Å²) in [7, 11) is 0. The second kappa shape index (κ2) is 5.61. The van der Waals surface area contributed by atoms with Crippen molar-refractivity contribution in [1.29, 1.82) is 0 Å². The Morgan fingerprint density at radius 3 is 2.50 bits per heavy atom. The summed E-state index contributed by atoms with van der Waals surface area (Å²) in [4.78, 5) is 19.3. The average molecular weight is 246 g/mol. The Balaban J connectivity index is 2.32. The molecule has 0 atom stereocenters. The van der Waals surface area contributed by atoms with E-state index in [9.17, 15) is 4.79 Å². The number of hydrogen-bond donors (Lipinski definition) is 0. The molecule has 1 aromatic heterocycles. The van der Waals surface area contributed by atoms with Gasteiger partial charge in [-0.25, -0.2) is 0 Å². The molecule has 18 heavy (non-hydrogen) atoms. The number of nitrogens with zero attached hydrogens (tertiary/aromatic N) is 2. The van der Waals surface area contributed by atoms with Gasteiger partial charge in [0, 0.05) is 18.0 Å². The molecule has 1 aliphatic heterocycles. The molecule has 0 N–H and O–H groups in total. The van der Waals surface area contributed by atoms with Gasteiger partial charge >= 0.3 is 0 Å². The van der Waals surface area contributed by atoms with E-state index in [2.05, 4.69) is 23.7 Å². The maximum absolute atomic E-state index is 12.8. The first-order valence-electron chi connectivity index (χ1n) is 6.94. The van der Waals surface area contributed by atoms with E-state index < -0.39 is 0 Å². The van der Waals surface area contributed by atoms with Crippen LogP contribution in [-0.4, -0.2) is 34.3 Å². The van der Waals surface area contributed by atoms with Gasteiger partial charge in [-0.2, -0.15) is 0 Å². The first-order chi connectivity index (χ1) is 8.74. The third-order valence-electron chi connectivity index (χ3n) is 4.23. The minimum Gasteiger partial charge on any atom is -0.292 e. The lowest BCUT2D eigenvalue weighted by atomic mass is 9.83. The van der Waals surface area contributed by atoms with Crippen LogP contribution in [0.2, 0.25) is 0 Å². The Morgan fingerprint density at radius 1 is 1.33 bits per heavy atom. The van der Waals surface area contributed by atoms with E-state index in [-0.39, 0.29) is 11.3 Å². The normalized spacial score (nSPS) is 17.0. The molecule has 1 aromatic rings. The van der Waals surface area contributed by atoms with Crippen molar-refractivity contribution in [3.63, 3.8) is 0 Å². The summed E-state index contributed by atoms with van der Waals surface area (Å²) < 4.78 is 0. The molecular formula is C15H22N2O. The molecule has 3 nitrogen and oxygen atoms in total. The summed E-state index contributed by atoms with van der Waals surface area (Å²) in [5.74, 6) is 0.238. The SMILES string of the molecule is CCC(CC)(C(=O)c1cccnc1)N1CCCC1. The number of carbonyl (C=O) groups is 1. The number of Topliss-reactive ketones (excluding diaryl/α,β-unsaturated/α-hetero) is 1. The van der Waals surface area contributed by atoms with Crippen LogP contribution in [0.5, 0.6) is 0 Å². The number of aromatic nitrogens is 1. The third-order valence-corrected chi connectivity index (χ3v) is 4.23. The molecule has 0 saturated carbocycles. The number of rotatable bonds is 5. The molecule has 0 spiro atoms. The van der Waals surface area contributed by atoms with E-state index in [1.807, 2.05) is 12.1 Å². The maximum atomic E-state index is 12.8. The van der Waals surface area contributed by atoms with Gasteiger partial charge < -0.3 is 0 Å². The van der Waals surface area contributed by atoms with Gasteiger partial charge in [0.25, 0.3) is 0 Å². The molecule has 0 radical (unpaired) electrons. The van der Waals surface area contributed by atoms with Crippen molar-refractivity contribution in [3.8, 4) is 0 Å². The average Bonchev–Trinajstić information content (AvgIpc) is 2.96. The van der Waals surface area contributed by atoms with Crippen LogP contribution in [0.3, 0.4) is 0 Å². The molecule has 0 amide bonds. The molecular weight excluding hydrogens is 224 g/mol. The molecule has 0 bridgehead atoms. The van der Waals surface area contributed by atoms with Crippen molar-refractivity contribution in [2.45, 2.75) is 45.1 Å². The molecule has 3 heteroatoms. The first kappa shape index (κ1) is 13.2. The van der Waals surface area contributed by atoms with Crippen LogP contribution in [-0.2, 0) is 0 Å². The van der Waals surface area contributed by atoms with Crippen LogP contribution in [0, 0.1) is 0 Å². The van der Waals surface area contributed by atoms with Crippen molar-refractivity contribution >= 4 is 5.78 Å². The monoisotopic (exact) mass is 246 g/mol. The van der Waals surface area contributed by atoms with Crippen molar-refractivity contribution in [2.24, 2.45) is 0 Å². The maximum Gasteiger partial charge on any atom is 0.184 e. The van der Waals surface area contributed by atoms with Crippen molar-refractivity contribution < 1.29 is 4.79 Å². The highest BCUT2D eigenvalue weighted by Gasteiger charge is 2.42. The molecule has 1 fully saturated rings. The lowest BCUT2D eigenvalue weighted by molar-refractivity contribution is 0.0581. The summed E-state index contributed by atoms with van der Waals surface area (Å²) in [5.41, 5.74) is 0.424. The molecule has 0 aliphatic carbocycles. The summed E-state index contributed by atoms with van der Waals surface area (Å²) in [6.45, 7) is 6.34. The van der Waals surface area contributed by atoms with Gasteiger partial charge in [0.2, 0.25) is 0 Å². The molecule has 2 heterocycles. The number of carbonyl (C=O) groups excluding carboxylic acids is 1. The fourth-order valence-corrected chi connectivity index (χ4v) is 3.07. The van der Waals surface area contributed by atoms with Crippen molar-refractivity contribution in [3.05, 3.63) is 30.1 Å². The van der Waals surface area contributed by atoms with Crippen LogP contribution in [0.4, 0.5) is 0 Å². The Labute approximate surface area is 109 Å². The van der Waals surface area contributed by atoms with Crippen LogP contribution >= 0.6 is 0 Å². The summed E-state index contributed by atoms with van der Waals surface area (Å²) in [6.07, 6.45) is 7.57. The minimum atomic E-state index is -0.320. The van der Waals surface area contributed by atoms with E-state index in [0.717, 1.165) is 31.5 Å². The zero-order valence-electron chi connectivity index (χ0n) is 11.4. The van der Waals surface area contributed by atoms with Crippen molar-refractivity contribution in [1.82, 2.24) is 9.88 Å². The fourth-order valence-electron chi connectivity index (χ4n) is 3.07. The minimum absolute atomic E-state index is 0.238. The third kappa shape index (κ3) is 2.19. The Morgan fingerprint density at radius 2 is 2.00 bits per heavy atom. The summed E-state index contributed by atoms with van der Waals surface area (Å²) in [6, 6.07) is 3.72. The van der Waals surface area contributed by atoms with Crippen LogP contribution < -0.4 is 0 Å². The Bertz CT molecular complexity index is 392. The smallest absolute Gasteiger partial charge is 0.184 e. The molecule has 2 rings (SSSR count). The molecule has 1 aliphatic rings. The van der Waals surface area contributed by atoms with Crippen LogP contribution in [0.15, 0.2) is 24.5 Å². The zero-order valence-corrected chi connectivity index (χ0v) is 11.4. The second-order valence-corrected chi connectivity index (χ2v) is 5.00. The number of pyridine rings is 1. The van der Waals surface area contributed by atoms with Gasteiger partial charge in [0.15, 0.2) is 5.78 Å². The number of likely N-dealkylation sites (tertiary alicyclic amines) is 1. The summed E-state index contributed by atoms with van der Waals surface area (Å²) in [5, 5.41) is 0. The van der Waals surface area contributed by atoms with Crippen LogP contribution in [0.1, 0.15) is 49.9 Å². The molecule has 1 saturated heterocycles. The topological polar surface area (TPSA) is 33.2 Å². The number of hydrogen-bond acceptors (Lipinski definition) is 3. The lowest BCUT2D eigenvalue weighted by Crippen LogP contribution is -2.52. The highest BCUT2D eigenvalue weighted by Crippen LogP contribution is 2.31. The van der Waals surface area contributed by atoms with Gasteiger partial charge in [0.05, 0.1) is 5.54 Å². The van der Waals surface area contributed by atoms with Gasteiger partial charge in [-0.15, -0.1) is 0 Å². The van der Waals surface area contributed by atoms with E-state index in [4.69, 9.17) is 0 Å². The lowest BCUT2D eigenvalue weighted by Gasteiger charge is -2.39. The molecule has 98 valence electrons. The molecule has 0 aromatic carbocycles. The fraction of sp³-hybridized carbons (Fsp3) is 0.600. The highest BCUT2D eigenvalue weighted by molar-refractivity contribution is 6.03. The predicted molar refractivity (Wildman–Crippen MR) is 72.7 cm³/mol. The van der Waals surface area contributed by atoms with E-state index >= 15 is 0 Å². The first-order valence-corrected chi connectivity index (χ1v) is 6.94. The van der Waals surface area contributed by atoms with Crippen molar-refractivity contribution in [2.75, 3.05) is 13.1 Å². The largest absolute Gasteiger partial charge is 0.292 e. The molecule has 0 unspecified atom stereocenters. The van der Waals surface area contributed by atoms with Gasteiger partial charge in [-0.05, 0) is 50.9 Å². The van der Waals surface area contributed by atoms with Gasteiger partial charge in [-0.1, -0.05) is 13.8 Å². The number of ketones is 1. The van der Waals surface area contributed by atoms with Gasteiger partial charge in [0.1, 0.15) is 0 Å². The standard InChI is InChI=1S/C15H22N2O/c1-3-15(4-2,17-10-5-6-11-17)14(18)13-8-7-9-16-12-13/h7-9,12H,3-6,10-11H2,1-2H3. The Kier molecular flexibility index (Phi) is 4.12. The van der Waals surface area contributed by atoms with E-state index in [1.165, 1.54) is 12.8 Å². The Hall–Kier alpha value is -1.22. The quantitative estimate of drug-likeness (QED) is 0.749. The summed E-state index contributed by atoms with van der Waals surface area (Å²) >= 11 is 0. The predicted octanol–water partition coefficient (Wildman–Crippen LogP) is 2.92. The van der Waals surface area contributed by atoms with E-state index in [1.54, 1.807) is 12.4 Å². The second-order valence-electron chi connectivity index (χ2n) is 5.00. The highest BCUT2D eigenvalue weighted by atomic mass is 16.1.